The lowest BCUT2D eigenvalue weighted by molar-refractivity contribution is 0.0331. The zero-order chi connectivity index (χ0) is 20.2. The summed E-state index contributed by atoms with van der Waals surface area (Å²) in [4.78, 5) is 15.5. The van der Waals surface area contributed by atoms with Crippen molar-refractivity contribution in [3.8, 4) is 5.75 Å². The Morgan fingerprint density at radius 3 is 2.66 bits per heavy atom. The zero-order valence-corrected chi connectivity index (χ0v) is 16.8. The van der Waals surface area contributed by atoms with Crippen LogP contribution in [0.5, 0.6) is 5.75 Å². The van der Waals surface area contributed by atoms with Gasteiger partial charge in [-0.1, -0.05) is 30.3 Å². The third kappa shape index (κ3) is 4.28. The predicted molar refractivity (Wildman–Crippen MR) is 111 cm³/mol. The van der Waals surface area contributed by atoms with Crippen molar-refractivity contribution in [2.24, 2.45) is 0 Å². The number of amides is 1. The number of ether oxygens (including phenoxy) is 2. The molecular formula is C23H26N2O4. The van der Waals surface area contributed by atoms with E-state index in [1.807, 2.05) is 55.5 Å². The quantitative estimate of drug-likeness (QED) is 0.693. The molecule has 2 aromatic carbocycles. The molecule has 1 aliphatic heterocycles. The molecule has 1 N–H and O–H groups in total. The Hall–Kier alpha value is -2.83. The van der Waals surface area contributed by atoms with E-state index >= 15 is 0 Å². The lowest BCUT2D eigenvalue weighted by Gasteiger charge is -2.31. The van der Waals surface area contributed by atoms with E-state index in [0.29, 0.717) is 11.3 Å². The molecule has 0 unspecified atom stereocenters. The van der Waals surface area contributed by atoms with Crippen LogP contribution in [0, 0.1) is 6.92 Å². The number of nitrogens with zero attached hydrogens (tertiary/aromatic N) is 1. The second-order valence-electron chi connectivity index (χ2n) is 7.27. The number of nitrogens with one attached hydrogen (secondary N) is 1. The topological polar surface area (TPSA) is 63.9 Å². The van der Waals surface area contributed by atoms with Gasteiger partial charge in [-0.25, -0.2) is 0 Å². The van der Waals surface area contributed by atoms with Crippen molar-refractivity contribution in [1.29, 1.82) is 0 Å². The van der Waals surface area contributed by atoms with E-state index in [0.717, 1.165) is 55.1 Å². The van der Waals surface area contributed by atoms with Crippen molar-refractivity contribution in [1.82, 2.24) is 10.2 Å². The molecule has 6 nitrogen and oxygen atoms in total. The number of morpholine rings is 1. The van der Waals surface area contributed by atoms with E-state index in [4.69, 9.17) is 13.9 Å². The molecule has 29 heavy (non-hydrogen) atoms. The molecule has 1 atom stereocenters. The normalized spacial score (nSPS) is 15.9. The van der Waals surface area contributed by atoms with Crippen LogP contribution in [0.25, 0.3) is 11.0 Å². The van der Waals surface area contributed by atoms with Crippen LogP contribution in [0.2, 0.25) is 0 Å². The van der Waals surface area contributed by atoms with Crippen molar-refractivity contribution in [3.63, 3.8) is 0 Å². The highest BCUT2D eigenvalue weighted by Gasteiger charge is 2.24. The number of hydrogen-bond acceptors (Lipinski definition) is 5. The molecule has 2 heterocycles. The molecule has 1 aliphatic rings. The SMILES string of the molecule is COc1ccc2oc(C(=O)N[C@@H](CN3CCOCC3)c3ccccc3)c(C)c2c1. The van der Waals surface area contributed by atoms with Gasteiger partial charge in [-0.15, -0.1) is 0 Å². The van der Waals surface area contributed by atoms with E-state index < -0.39 is 0 Å². The fourth-order valence-electron chi connectivity index (χ4n) is 3.73. The number of benzene rings is 2. The standard InChI is InChI=1S/C23H26N2O4/c1-16-19-14-18(27-2)8-9-21(19)29-22(16)23(26)24-20(17-6-4-3-5-7-17)15-25-10-12-28-13-11-25/h3-9,14,20H,10-13,15H2,1-2H3,(H,24,26)/t20-/m0/s1. The molecule has 4 rings (SSSR count). The van der Waals surface area contributed by atoms with Gasteiger partial charge in [0.1, 0.15) is 11.3 Å². The van der Waals surface area contributed by atoms with Gasteiger partial charge in [0.15, 0.2) is 5.76 Å². The van der Waals surface area contributed by atoms with Crippen LogP contribution in [0.15, 0.2) is 52.9 Å². The van der Waals surface area contributed by atoms with Crippen LogP contribution < -0.4 is 10.1 Å². The smallest absolute Gasteiger partial charge is 0.287 e. The third-order valence-electron chi connectivity index (χ3n) is 5.40. The van der Waals surface area contributed by atoms with Gasteiger partial charge in [0.2, 0.25) is 0 Å². The summed E-state index contributed by atoms with van der Waals surface area (Å²) in [6.07, 6.45) is 0. The number of carbonyl (C=O) groups excluding carboxylic acids is 1. The van der Waals surface area contributed by atoms with Crippen molar-refractivity contribution >= 4 is 16.9 Å². The first-order valence-corrected chi connectivity index (χ1v) is 9.89. The van der Waals surface area contributed by atoms with E-state index in [1.165, 1.54) is 0 Å². The summed E-state index contributed by atoms with van der Waals surface area (Å²) in [5.41, 5.74) is 2.57. The Morgan fingerprint density at radius 1 is 1.17 bits per heavy atom. The molecule has 152 valence electrons. The van der Waals surface area contributed by atoms with Crippen molar-refractivity contribution in [2.45, 2.75) is 13.0 Å². The van der Waals surface area contributed by atoms with E-state index in [1.54, 1.807) is 7.11 Å². The molecule has 0 bridgehead atoms. The maximum Gasteiger partial charge on any atom is 0.287 e. The van der Waals surface area contributed by atoms with E-state index in [-0.39, 0.29) is 11.9 Å². The number of hydrogen-bond donors (Lipinski definition) is 1. The molecule has 3 aromatic rings. The van der Waals surface area contributed by atoms with Crippen molar-refractivity contribution in [3.05, 3.63) is 65.4 Å². The average Bonchev–Trinajstić information content (AvgIpc) is 3.10. The fraction of sp³-hybridized carbons (Fsp3) is 0.348. The number of furan rings is 1. The van der Waals surface area contributed by atoms with Crippen LogP contribution in [0.3, 0.4) is 0 Å². The largest absolute Gasteiger partial charge is 0.497 e. The van der Waals surface area contributed by atoms with Crippen LogP contribution >= 0.6 is 0 Å². The van der Waals surface area contributed by atoms with Crippen molar-refractivity contribution in [2.75, 3.05) is 40.0 Å². The van der Waals surface area contributed by atoms with Gasteiger partial charge in [-0.05, 0) is 30.7 Å². The van der Waals surface area contributed by atoms with Crippen LogP contribution in [-0.2, 0) is 4.74 Å². The van der Waals surface area contributed by atoms with Crippen molar-refractivity contribution < 1.29 is 18.7 Å². The molecule has 1 aromatic heterocycles. The summed E-state index contributed by atoms with van der Waals surface area (Å²) in [5.74, 6) is 0.874. The minimum atomic E-state index is -0.209. The first-order chi connectivity index (χ1) is 14.2. The van der Waals surface area contributed by atoms with E-state index in [2.05, 4.69) is 10.2 Å². The molecule has 6 heteroatoms. The third-order valence-corrected chi connectivity index (χ3v) is 5.40. The van der Waals surface area contributed by atoms with Gasteiger partial charge < -0.3 is 19.2 Å². The second kappa shape index (κ2) is 8.68. The lowest BCUT2D eigenvalue weighted by Crippen LogP contribution is -2.43. The Labute approximate surface area is 170 Å². The summed E-state index contributed by atoms with van der Waals surface area (Å²) >= 11 is 0. The summed E-state index contributed by atoms with van der Waals surface area (Å²) in [6.45, 7) is 5.80. The maximum atomic E-state index is 13.1. The number of rotatable bonds is 6. The van der Waals surface area contributed by atoms with Gasteiger partial charge in [0.05, 0.1) is 26.4 Å². The molecular weight excluding hydrogens is 368 g/mol. The molecule has 0 saturated carbocycles. The molecule has 1 saturated heterocycles. The second-order valence-corrected chi connectivity index (χ2v) is 7.27. The van der Waals surface area contributed by atoms with Gasteiger partial charge in [0.25, 0.3) is 5.91 Å². The molecule has 0 radical (unpaired) electrons. The summed E-state index contributed by atoms with van der Waals surface area (Å²) in [6, 6.07) is 15.5. The number of methoxy groups -OCH3 is 1. The van der Waals surface area contributed by atoms with Gasteiger partial charge in [0, 0.05) is 30.6 Å². The summed E-state index contributed by atoms with van der Waals surface area (Å²) in [5, 5.41) is 4.07. The number of carbonyl (C=O) groups is 1. The first kappa shape index (κ1) is 19.5. The summed E-state index contributed by atoms with van der Waals surface area (Å²) in [7, 11) is 1.63. The van der Waals surface area contributed by atoms with Gasteiger partial charge in [-0.2, -0.15) is 0 Å². The minimum Gasteiger partial charge on any atom is -0.497 e. The molecule has 1 amide bonds. The molecule has 0 aliphatic carbocycles. The van der Waals surface area contributed by atoms with Crippen LogP contribution in [-0.4, -0.2) is 50.8 Å². The Bertz CT molecular complexity index is 977. The minimum absolute atomic E-state index is 0.135. The number of fused-ring (bicyclic) bond motifs is 1. The maximum absolute atomic E-state index is 13.1. The van der Waals surface area contributed by atoms with Crippen LogP contribution in [0.4, 0.5) is 0 Å². The Kier molecular flexibility index (Phi) is 5.83. The highest BCUT2D eigenvalue weighted by Crippen LogP contribution is 2.29. The van der Waals surface area contributed by atoms with Gasteiger partial charge in [-0.3, -0.25) is 9.69 Å². The lowest BCUT2D eigenvalue weighted by atomic mass is 10.1. The Morgan fingerprint density at radius 2 is 1.93 bits per heavy atom. The van der Waals surface area contributed by atoms with Gasteiger partial charge >= 0.3 is 0 Å². The molecule has 0 spiro atoms. The highest BCUT2D eigenvalue weighted by atomic mass is 16.5. The monoisotopic (exact) mass is 394 g/mol. The fourth-order valence-corrected chi connectivity index (χ4v) is 3.73. The van der Waals surface area contributed by atoms with E-state index in [9.17, 15) is 4.79 Å². The first-order valence-electron chi connectivity index (χ1n) is 9.89. The summed E-state index contributed by atoms with van der Waals surface area (Å²) < 4.78 is 16.6. The predicted octanol–water partition coefficient (Wildman–Crippen LogP) is 3.55. The highest BCUT2D eigenvalue weighted by molar-refractivity contribution is 5.99. The Balaban J connectivity index is 1.59. The number of aryl methyl sites for hydroxylation is 1. The van der Waals surface area contributed by atoms with Crippen LogP contribution in [0.1, 0.15) is 27.7 Å². The average molecular weight is 394 g/mol. The molecule has 1 fully saturated rings. The zero-order valence-electron chi connectivity index (χ0n) is 16.8.